The summed E-state index contributed by atoms with van der Waals surface area (Å²) in [6.07, 6.45) is 36.6. The van der Waals surface area contributed by atoms with Gasteiger partial charge in [-0.15, -0.1) is 0 Å². The summed E-state index contributed by atoms with van der Waals surface area (Å²) in [6, 6.07) is 73.0. The van der Waals surface area contributed by atoms with Gasteiger partial charge in [-0.2, -0.15) is 0 Å². The maximum atomic E-state index is 2.66. The minimum absolute atomic E-state index is 0.574. The largest absolute Gasteiger partial charge is 0.220 e. The number of nitrogens with zero attached hydrogens (tertiary/aromatic N) is 4. The highest BCUT2D eigenvalue weighted by Crippen LogP contribution is 2.48. The third-order valence-electron chi connectivity index (χ3n) is 32.0. The number of hydrogen-bond acceptors (Lipinski definition) is 0. The first-order valence-electron chi connectivity index (χ1n) is 52.1. The molecule has 4 nitrogen and oxygen atoms in total. The summed E-state index contributed by atoms with van der Waals surface area (Å²) >= 11 is 0. The molecule has 4 aliphatic carbocycles. The number of rotatable bonds is 21. The lowest BCUT2D eigenvalue weighted by atomic mass is 9.76. The van der Waals surface area contributed by atoms with Gasteiger partial charge in [0.15, 0.2) is 24.8 Å². The first-order chi connectivity index (χ1) is 62.8. The van der Waals surface area contributed by atoms with E-state index in [1.807, 2.05) is 0 Å². The number of aryl methyl sites for hydroxylation is 7. The summed E-state index contributed by atoms with van der Waals surface area (Å²) in [5.74, 6) is 10.4. The Labute approximate surface area is 794 Å². The molecule has 0 amide bonds. The molecule has 0 N–H and O–H groups in total. The molecule has 0 bridgehead atoms. The zero-order chi connectivity index (χ0) is 93.3. The second-order valence-electron chi connectivity index (χ2n) is 44.1. The molecule has 4 heteroatoms. The van der Waals surface area contributed by atoms with E-state index in [1.54, 1.807) is 16.7 Å². The predicted molar refractivity (Wildman–Crippen MR) is 564 cm³/mol. The van der Waals surface area contributed by atoms with E-state index in [1.165, 1.54) is 283 Å². The molecule has 0 radical (unpaired) electrons. The van der Waals surface area contributed by atoms with Gasteiger partial charge in [-0.05, 0) is 334 Å². The quantitative estimate of drug-likeness (QED) is 0.0637. The number of benzene rings is 9. The molecule has 0 aliphatic heterocycles. The highest BCUT2D eigenvalue weighted by atomic mass is 14.9. The summed E-state index contributed by atoms with van der Waals surface area (Å²) in [5, 5.41) is 10.9. The van der Waals surface area contributed by atoms with E-state index in [9.17, 15) is 0 Å². The molecular weight excluding hydrogens is 1580 g/mol. The van der Waals surface area contributed by atoms with Crippen LogP contribution in [0.1, 0.15) is 359 Å². The van der Waals surface area contributed by atoms with Gasteiger partial charge < -0.3 is 0 Å². The van der Waals surface area contributed by atoms with E-state index < -0.39 is 0 Å². The van der Waals surface area contributed by atoms with Gasteiger partial charge in [-0.1, -0.05) is 303 Å². The van der Waals surface area contributed by atoms with Crippen LogP contribution >= 0.6 is 0 Å². The van der Waals surface area contributed by atoms with Gasteiger partial charge in [0, 0.05) is 29.8 Å². The van der Waals surface area contributed by atoms with Crippen LogP contribution in [0.5, 0.6) is 0 Å². The number of pyridine rings is 4. The molecule has 131 heavy (non-hydrogen) atoms. The Bertz CT molecular complexity index is 6020. The monoisotopic (exact) mass is 1750 g/mol. The van der Waals surface area contributed by atoms with Gasteiger partial charge in [-0.25, -0.2) is 18.3 Å². The lowest BCUT2D eigenvalue weighted by molar-refractivity contribution is -0.659. The van der Waals surface area contributed by atoms with Crippen molar-refractivity contribution in [3.8, 4) is 56.2 Å². The molecule has 690 valence electrons. The average molecular weight is 1750 g/mol. The summed E-state index contributed by atoms with van der Waals surface area (Å²) in [4.78, 5) is 0. The van der Waals surface area contributed by atoms with E-state index in [4.69, 9.17) is 0 Å². The second-order valence-corrected chi connectivity index (χ2v) is 44.1. The van der Waals surface area contributed by atoms with Crippen LogP contribution in [0.2, 0.25) is 0 Å². The van der Waals surface area contributed by atoms with Gasteiger partial charge in [-0.3, -0.25) is 0 Å². The molecule has 4 saturated carbocycles. The van der Waals surface area contributed by atoms with E-state index in [-0.39, 0.29) is 0 Å². The summed E-state index contributed by atoms with van der Waals surface area (Å²) < 4.78 is 9.30. The molecule has 4 aromatic heterocycles. The number of hydrogen-bond donors (Lipinski definition) is 0. The van der Waals surface area contributed by atoms with E-state index in [0.717, 1.165) is 23.7 Å². The molecule has 17 rings (SSSR count). The third kappa shape index (κ3) is 22.2. The SMILES string of the molecule is Cc1c(-c2c3ccc(C(C(C)C)C(C)C)cc3cc[n+]2C)cc(C2CCCCC2)cc1C1CCCCC1.Cc1cc(C2CCCCC2)cc(-c2c3ccc(C(C(C)C)C(C)C)cc3cc[n+]2C)c1C.Cc1ccc(-c2ccccc2)cc1-c1c2ccc(C(C(C)C)C(C)C)cc2cc[n+]1C.Cc1ccc(C2CCCCC2)cc1-c1c2ccc(C(C(C)C)C(C)C)cc2cc[n+]1C. The van der Waals surface area contributed by atoms with Crippen molar-refractivity contribution < 1.29 is 18.3 Å². The molecular formula is C127H166N4+4. The molecule has 4 heterocycles. The van der Waals surface area contributed by atoms with Crippen LogP contribution in [0.3, 0.4) is 0 Å². The van der Waals surface area contributed by atoms with Gasteiger partial charge in [0.05, 0.1) is 38.2 Å². The summed E-state index contributed by atoms with van der Waals surface area (Å²) in [7, 11) is 8.80. The molecule has 0 atom stereocenters. The Hall–Kier alpha value is -9.38. The van der Waals surface area contributed by atoms with E-state index in [0.29, 0.717) is 71.0 Å². The van der Waals surface area contributed by atoms with Crippen LogP contribution in [0.15, 0.2) is 213 Å². The van der Waals surface area contributed by atoms with Crippen LogP contribution in [-0.2, 0) is 28.2 Å². The van der Waals surface area contributed by atoms with Crippen LogP contribution in [0, 0.1) is 82.0 Å². The van der Waals surface area contributed by atoms with Gasteiger partial charge in [0.2, 0.25) is 22.8 Å². The first kappa shape index (κ1) is 97.6. The average Bonchev–Trinajstić information content (AvgIpc) is 0.760. The fourth-order valence-electron chi connectivity index (χ4n) is 25.5. The molecule has 0 spiro atoms. The second kappa shape index (κ2) is 43.8. The molecule has 9 aromatic carbocycles. The van der Waals surface area contributed by atoms with Crippen molar-refractivity contribution in [2.45, 2.75) is 321 Å². The topological polar surface area (TPSA) is 15.5 Å². The molecule has 0 saturated heterocycles. The van der Waals surface area contributed by atoms with E-state index >= 15 is 0 Å². The Kier molecular flexibility index (Phi) is 32.6. The molecule has 4 fully saturated rings. The number of aromatic nitrogens is 4. The lowest BCUT2D eigenvalue weighted by Gasteiger charge is -2.28. The summed E-state index contributed by atoms with van der Waals surface area (Å²) in [5.41, 5.74) is 32.8. The lowest BCUT2D eigenvalue weighted by Crippen LogP contribution is -2.31. The van der Waals surface area contributed by atoms with Crippen LogP contribution in [0.25, 0.3) is 99.2 Å². The third-order valence-corrected chi connectivity index (χ3v) is 32.0. The van der Waals surface area contributed by atoms with Crippen molar-refractivity contribution in [2.75, 3.05) is 0 Å². The molecule has 0 unspecified atom stereocenters. The predicted octanol–water partition coefficient (Wildman–Crippen LogP) is 34.3. The van der Waals surface area contributed by atoms with Gasteiger partial charge in [0.1, 0.15) is 28.2 Å². The minimum atomic E-state index is 0.574. The number of fused-ring (bicyclic) bond motifs is 4. The Morgan fingerprint density at radius 3 is 0.863 bits per heavy atom. The van der Waals surface area contributed by atoms with Crippen molar-refractivity contribution >= 4 is 43.1 Å². The highest BCUT2D eigenvalue weighted by Gasteiger charge is 2.33. The maximum absolute atomic E-state index is 2.66. The Morgan fingerprint density at radius 2 is 0.519 bits per heavy atom. The maximum Gasteiger partial charge on any atom is 0.220 e. The summed E-state index contributed by atoms with van der Waals surface area (Å²) in [6.45, 7) is 49.2. The van der Waals surface area contributed by atoms with Crippen LogP contribution in [0.4, 0.5) is 0 Å². The Balaban J connectivity index is 0.000000141. The van der Waals surface area contributed by atoms with Crippen molar-refractivity contribution in [1.29, 1.82) is 0 Å². The first-order valence-corrected chi connectivity index (χ1v) is 52.1. The van der Waals surface area contributed by atoms with Gasteiger partial charge in [0.25, 0.3) is 0 Å². The van der Waals surface area contributed by atoms with Crippen LogP contribution < -0.4 is 18.3 Å². The van der Waals surface area contributed by atoms with Crippen molar-refractivity contribution in [2.24, 2.45) is 75.5 Å². The van der Waals surface area contributed by atoms with Crippen LogP contribution in [-0.4, -0.2) is 0 Å². The van der Waals surface area contributed by atoms with E-state index in [2.05, 4.69) is 405 Å². The zero-order valence-electron chi connectivity index (χ0n) is 85.9. The van der Waals surface area contributed by atoms with Gasteiger partial charge >= 0.3 is 0 Å². The zero-order valence-corrected chi connectivity index (χ0v) is 85.9. The fraction of sp³-hybridized carbons (Fsp3) is 0.480. The fourth-order valence-corrected chi connectivity index (χ4v) is 25.5. The smallest absolute Gasteiger partial charge is 0.200 e. The van der Waals surface area contributed by atoms with Crippen molar-refractivity contribution in [1.82, 2.24) is 0 Å². The molecule has 13 aromatic rings. The van der Waals surface area contributed by atoms with Crippen molar-refractivity contribution in [3.63, 3.8) is 0 Å². The van der Waals surface area contributed by atoms with Crippen molar-refractivity contribution in [3.05, 3.63) is 285 Å². The minimum Gasteiger partial charge on any atom is -0.200 e. The Morgan fingerprint density at radius 1 is 0.229 bits per heavy atom. The standard InChI is InChI=1S/C36H50N.C31H42N.C30H40N.C30H34N/c1-24(2)35(25(3)4)30-17-18-32-29(21-30)19-20-37(6)36(32)34-23-31(27-13-9-7-10-14-27)22-33(26(34)5)28-15-11-8-12-16-28;1-20(2)30(21(3)4)26-13-14-28-25(18-26)15-16-32(7)31(28)29-19-27(17-22(5)23(29)6)24-11-9-8-10-12-24;2*1-20(2)29(21(3)4)26-14-15-27-25(18-26)16-17-31(6)30(27)28-19-24(13-12-22(28)5)23-10-8-7-9-11-23/h17-25,27-28,35H,7-16H2,1-6H3;13-21,24,30H,8-12H2,1-7H3;12-21,23,29H,7-11H2,1-6H3;7-21,29H,1-6H3/q4*+1. The molecule has 4 aliphatic rings. The normalized spacial score (nSPS) is 15.3. The highest BCUT2D eigenvalue weighted by molar-refractivity contribution is 5.98.